The number of likely N-dealkylation sites (tertiary alicyclic amines) is 2. The number of aryl methyl sites for hydroxylation is 1. The van der Waals surface area contributed by atoms with Crippen LogP contribution in [0, 0.1) is 17.7 Å². The predicted octanol–water partition coefficient (Wildman–Crippen LogP) is 2.48. The first kappa shape index (κ1) is 22.4. The molecule has 2 saturated heterocycles. The molecule has 2 aliphatic rings. The summed E-state index contributed by atoms with van der Waals surface area (Å²) < 4.78 is 5.95. The molecule has 0 radical (unpaired) electrons. The molecule has 33 heavy (non-hydrogen) atoms. The van der Waals surface area contributed by atoms with Crippen LogP contribution >= 0.6 is 0 Å². The summed E-state index contributed by atoms with van der Waals surface area (Å²) in [6, 6.07) is 6.34. The van der Waals surface area contributed by atoms with Crippen LogP contribution in [-0.4, -0.2) is 71.7 Å². The summed E-state index contributed by atoms with van der Waals surface area (Å²) in [5.41, 5.74) is 1.38. The Morgan fingerprint density at radius 1 is 1.30 bits per heavy atom. The number of carbonyl (C=O) groups is 2. The van der Waals surface area contributed by atoms with Gasteiger partial charge in [-0.3, -0.25) is 20.0 Å². The van der Waals surface area contributed by atoms with Gasteiger partial charge in [0, 0.05) is 56.9 Å². The number of allylic oxidation sites excluding steroid dienone is 1. The number of rotatable bonds is 6. The molecule has 2 aromatic heterocycles. The van der Waals surface area contributed by atoms with Gasteiger partial charge in [0.15, 0.2) is 0 Å². The van der Waals surface area contributed by atoms with E-state index in [2.05, 4.69) is 25.5 Å². The van der Waals surface area contributed by atoms with Gasteiger partial charge < -0.3 is 20.4 Å². The summed E-state index contributed by atoms with van der Waals surface area (Å²) in [5.74, 6) is 1.31. The van der Waals surface area contributed by atoms with E-state index in [-0.39, 0.29) is 5.91 Å². The van der Waals surface area contributed by atoms with Crippen LogP contribution in [0.1, 0.15) is 17.8 Å². The van der Waals surface area contributed by atoms with Gasteiger partial charge in [-0.2, -0.15) is 0 Å². The lowest BCUT2D eigenvalue weighted by molar-refractivity contribution is -0.141. The average molecular weight is 450 g/mol. The van der Waals surface area contributed by atoms with E-state index in [0.29, 0.717) is 60.3 Å². The highest BCUT2D eigenvalue weighted by Gasteiger charge is 2.54. The summed E-state index contributed by atoms with van der Waals surface area (Å²) in [4.78, 5) is 37.4. The maximum absolute atomic E-state index is 12.7. The van der Waals surface area contributed by atoms with E-state index in [4.69, 9.17) is 10.1 Å². The van der Waals surface area contributed by atoms with Crippen molar-refractivity contribution in [3.05, 3.63) is 48.1 Å². The molecular formula is C23H27N7O3. The van der Waals surface area contributed by atoms with Crippen LogP contribution in [0.5, 0.6) is 11.5 Å². The second kappa shape index (κ2) is 8.99. The van der Waals surface area contributed by atoms with Crippen molar-refractivity contribution in [2.24, 2.45) is 5.41 Å². The molecule has 4 heterocycles. The fourth-order valence-corrected chi connectivity index (χ4v) is 4.30. The molecule has 172 valence electrons. The first-order chi connectivity index (χ1) is 15.8. The van der Waals surface area contributed by atoms with E-state index >= 15 is 0 Å². The van der Waals surface area contributed by atoms with Gasteiger partial charge in [0.2, 0.25) is 5.91 Å². The van der Waals surface area contributed by atoms with Crippen LogP contribution in [0.25, 0.3) is 5.57 Å². The topological polar surface area (TPSA) is 124 Å². The maximum atomic E-state index is 12.7. The lowest BCUT2D eigenvalue weighted by atomic mass is 9.79. The minimum Gasteiger partial charge on any atom is -0.455 e. The second-order valence-electron chi connectivity index (χ2n) is 8.38. The number of pyridine rings is 2. The number of imide groups is 1. The SMILES string of the molecule is CN/C=C(\C=N)c1cc(Oc2ccc(NC(=O)N3CCC4(CN(C)C4)C3=O)nc2C)ccn1. The summed E-state index contributed by atoms with van der Waals surface area (Å²) in [7, 11) is 3.72. The highest BCUT2D eigenvalue weighted by atomic mass is 16.5. The molecule has 0 bridgehead atoms. The number of hydrogen-bond acceptors (Lipinski definition) is 8. The number of nitrogens with one attached hydrogen (secondary N) is 3. The molecule has 3 N–H and O–H groups in total. The molecule has 1 spiro atoms. The lowest BCUT2D eigenvalue weighted by Gasteiger charge is -2.44. The number of amides is 3. The molecule has 10 nitrogen and oxygen atoms in total. The summed E-state index contributed by atoms with van der Waals surface area (Å²) in [5, 5.41) is 13.2. The van der Waals surface area contributed by atoms with Gasteiger partial charge >= 0.3 is 6.03 Å². The normalized spacial score (nSPS) is 17.6. The van der Waals surface area contributed by atoms with E-state index in [1.807, 2.05) is 7.05 Å². The molecule has 0 saturated carbocycles. The van der Waals surface area contributed by atoms with Crippen molar-refractivity contribution in [2.75, 3.05) is 39.0 Å². The highest BCUT2D eigenvalue weighted by molar-refractivity contribution is 6.07. The molecular weight excluding hydrogens is 422 g/mol. The smallest absolute Gasteiger partial charge is 0.329 e. The van der Waals surface area contributed by atoms with Crippen LogP contribution in [0.4, 0.5) is 10.6 Å². The van der Waals surface area contributed by atoms with Gasteiger partial charge in [-0.25, -0.2) is 9.78 Å². The van der Waals surface area contributed by atoms with Crippen LogP contribution < -0.4 is 15.4 Å². The minimum atomic E-state index is -0.457. The Labute approximate surface area is 192 Å². The largest absolute Gasteiger partial charge is 0.455 e. The van der Waals surface area contributed by atoms with Crippen molar-refractivity contribution in [1.29, 1.82) is 5.41 Å². The lowest BCUT2D eigenvalue weighted by Crippen LogP contribution is -2.58. The first-order valence-electron chi connectivity index (χ1n) is 10.7. The average Bonchev–Trinajstić information content (AvgIpc) is 3.11. The minimum absolute atomic E-state index is 0.111. The van der Waals surface area contributed by atoms with E-state index in [1.165, 1.54) is 11.1 Å². The van der Waals surface area contributed by atoms with Crippen LogP contribution in [0.2, 0.25) is 0 Å². The maximum Gasteiger partial charge on any atom is 0.329 e. The third-order valence-corrected chi connectivity index (χ3v) is 5.89. The number of aromatic nitrogens is 2. The predicted molar refractivity (Wildman–Crippen MR) is 124 cm³/mol. The van der Waals surface area contributed by atoms with E-state index in [1.54, 1.807) is 50.6 Å². The Balaban J connectivity index is 1.43. The zero-order chi connectivity index (χ0) is 23.6. The van der Waals surface area contributed by atoms with Crippen molar-refractivity contribution in [3.63, 3.8) is 0 Å². The summed E-state index contributed by atoms with van der Waals surface area (Å²) in [6.45, 7) is 3.59. The quantitative estimate of drug-likeness (QED) is 0.579. The molecule has 4 rings (SSSR count). The van der Waals surface area contributed by atoms with Gasteiger partial charge in [-0.05, 0) is 38.6 Å². The van der Waals surface area contributed by atoms with Crippen LogP contribution in [0.15, 0.2) is 36.7 Å². The number of hydrogen-bond donors (Lipinski definition) is 3. The van der Waals surface area contributed by atoms with Crippen molar-refractivity contribution in [2.45, 2.75) is 13.3 Å². The number of ether oxygens (including phenoxy) is 1. The number of urea groups is 1. The Bertz CT molecular complexity index is 1120. The molecule has 2 aromatic rings. The Kier molecular flexibility index (Phi) is 6.10. The van der Waals surface area contributed by atoms with Gasteiger partial charge in [-0.15, -0.1) is 0 Å². The Hall–Kier alpha value is -3.79. The zero-order valence-electron chi connectivity index (χ0n) is 18.9. The van der Waals surface area contributed by atoms with Crippen molar-refractivity contribution >= 4 is 29.5 Å². The highest BCUT2D eigenvalue weighted by Crippen LogP contribution is 2.40. The van der Waals surface area contributed by atoms with Crippen LogP contribution in [-0.2, 0) is 4.79 Å². The second-order valence-corrected chi connectivity index (χ2v) is 8.38. The number of nitrogens with zero attached hydrogens (tertiary/aromatic N) is 4. The standard InChI is InChI=1S/C23H27N7O3/c1-15-19(33-17-6-8-26-18(10-17)16(11-24)12-25-2)4-5-20(27-15)28-22(32)30-9-7-23(21(30)31)13-29(3)14-23/h4-6,8,10-12,24-25H,7,9,13-14H2,1-3H3,(H,27,28,32)/b16-12+,24-11?. The van der Waals surface area contributed by atoms with Crippen molar-refractivity contribution < 1.29 is 14.3 Å². The van der Waals surface area contributed by atoms with Crippen molar-refractivity contribution in [3.8, 4) is 11.5 Å². The Morgan fingerprint density at radius 3 is 2.76 bits per heavy atom. The molecule has 10 heteroatoms. The zero-order valence-corrected chi connectivity index (χ0v) is 18.9. The molecule has 0 atom stereocenters. The van der Waals surface area contributed by atoms with Crippen molar-refractivity contribution in [1.82, 2.24) is 25.1 Å². The molecule has 0 aromatic carbocycles. The Morgan fingerprint density at radius 2 is 2.09 bits per heavy atom. The molecule has 2 aliphatic heterocycles. The molecule has 0 aliphatic carbocycles. The molecule has 3 amide bonds. The third-order valence-electron chi connectivity index (χ3n) is 5.89. The summed E-state index contributed by atoms with van der Waals surface area (Å²) >= 11 is 0. The number of anilines is 1. The third kappa shape index (κ3) is 4.42. The monoisotopic (exact) mass is 449 g/mol. The van der Waals surface area contributed by atoms with Gasteiger partial charge in [-0.1, -0.05) is 0 Å². The fraction of sp³-hybridized carbons (Fsp3) is 0.348. The number of carbonyl (C=O) groups excluding carboxylic acids is 2. The first-order valence-corrected chi connectivity index (χ1v) is 10.7. The fourth-order valence-electron chi connectivity index (χ4n) is 4.30. The van der Waals surface area contributed by atoms with E-state index in [0.717, 1.165) is 0 Å². The van der Waals surface area contributed by atoms with Crippen LogP contribution in [0.3, 0.4) is 0 Å². The van der Waals surface area contributed by atoms with Gasteiger partial charge in [0.1, 0.15) is 17.3 Å². The van der Waals surface area contributed by atoms with E-state index in [9.17, 15) is 9.59 Å². The van der Waals surface area contributed by atoms with E-state index < -0.39 is 11.4 Å². The van der Waals surface area contributed by atoms with Gasteiger partial charge in [0.05, 0.1) is 16.8 Å². The molecule has 0 unspecified atom stereocenters. The summed E-state index contributed by atoms with van der Waals surface area (Å²) in [6.07, 6.45) is 5.19. The van der Waals surface area contributed by atoms with Gasteiger partial charge in [0.25, 0.3) is 0 Å². The molecule has 2 fully saturated rings.